The zero-order valence-corrected chi connectivity index (χ0v) is 16.0. The van der Waals surface area contributed by atoms with Crippen LogP contribution in [0, 0.1) is 0 Å². The smallest absolute Gasteiger partial charge is 0.279 e. The van der Waals surface area contributed by atoms with E-state index in [4.69, 9.17) is 22.1 Å². The molecule has 0 aliphatic carbocycles. The number of rotatable bonds is 4. The number of aromatic amines is 1. The molecule has 4 aromatic rings. The highest BCUT2D eigenvalue weighted by Crippen LogP contribution is 2.31. The minimum absolute atomic E-state index is 0.232. The number of ether oxygens (including phenoxy) is 1. The summed E-state index contributed by atoms with van der Waals surface area (Å²) in [5, 5.41) is 4.90. The first-order chi connectivity index (χ1) is 13.5. The molecule has 3 N–H and O–H groups in total. The molecule has 0 saturated carbocycles. The van der Waals surface area contributed by atoms with Crippen molar-refractivity contribution in [2.75, 3.05) is 12.3 Å². The number of hydrogen-bond acceptors (Lipinski definition) is 6. The molecule has 0 amide bonds. The van der Waals surface area contributed by atoms with Crippen LogP contribution in [0.3, 0.4) is 0 Å². The Hall–Kier alpha value is -3.39. The van der Waals surface area contributed by atoms with Crippen LogP contribution >= 0.6 is 11.6 Å². The van der Waals surface area contributed by atoms with E-state index >= 15 is 0 Å². The summed E-state index contributed by atoms with van der Waals surface area (Å²) in [6.45, 7) is 2.26. The number of hydrogen-bond donors (Lipinski definition) is 2. The molecule has 0 fully saturated rings. The van der Waals surface area contributed by atoms with Gasteiger partial charge in [0.15, 0.2) is 5.52 Å². The van der Waals surface area contributed by atoms with Crippen LogP contribution in [0.5, 0.6) is 5.88 Å². The molecule has 0 atom stereocenters. The summed E-state index contributed by atoms with van der Waals surface area (Å²) in [6, 6.07) is 8.96. The van der Waals surface area contributed by atoms with Gasteiger partial charge in [0.2, 0.25) is 5.88 Å². The predicted octanol–water partition coefficient (Wildman–Crippen LogP) is 3.02. The van der Waals surface area contributed by atoms with E-state index in [0.29, 0.717) is 45.8 Å². The minimum Gasteiger partial charge on any atom is -0.477 e. The number of pyridine rings is 1. The third-order valence-corrected chi connectivity index (χ3v) is 4.43. The van der Waals surface area contributed by atoms with Gasteiger partial charge in [-0.25, -0.2) is 9.97 Å². The van der Waals surface area contributed by atoms with Gasteiger partial charge in [-0.05, 0) is 25.1 Å². The third-order valence-electron chi connectivity index (χ3n) is 4.20. The fourth-order valence-electron chi connectivity index (χ4n) is 3.05. The lowest BCUT2D eigenvalue weighted by atomic mass is 10.1. The Bertz CT molecular complexity index is 1250. The molecule has 0 aliphatic rings. The van der Waals surface area contributed by atoms with Crippen LogP contribution in [0.4, 0.5) is 5.69 Å². The van der Waals surface area contributed by atoms with E-state index in [-0.39, 0.29) is 11.1 Å². The first-order valence-electron chi connectivity index (χ1n) is 8.59. The van der Waals surface area contributed by atoms with Crippen molar-refractivity contribution in [1.29, 1.82) is 0 Å². The lowest BCUT2D eigenvalue weighted by Crippen LogP contribution is -2.10. The Morgan fingerprint density at radius 3 is 2.86 bits per heavy atom. The molecule has 8 nitrogen and oxygen atoms in total. The molecule has 0 spiro atoms. The number of fused-ring (bicyclic) bond motifs is 1. The van der Waals surface area contributed by atoms with Crippen LogP contribution in [0.25, 0.3) is 33.7 Å². The molecule has 3 heterocycles. The Kier molecular flexibility index (Phi) is 4.48. The Labute approximate surface area is 165 Å². The van der Waals surface area contributed by atoms with Crippen molar-refractivity contribution >= 4 is 28.3 Å². The zero-order valence-electron chi connectivity index (χ0n) is 15.2. The van der Waals surface area contributed by atoms with Crippen LogP contribution in [0.1, 0.15) is 6.92 Å². The van der Waals surface area contributed by atoms with E-state index in [9.17, 15) is 4.79 Å². The van der Waals surface area contributed by atoms with Crippen molar-refractivity contribution in [2.45, 2.75) is 6.92 Å². The monoisotopic (exact) mass is 396 g/mol. The van der Waals surface area contributed by atoms with Gasteiger partial charge in [-0.1, -0.05) is 23.7 Å². The third kappa shape index (κ3) is 3.07. The highest BCUT2D eigenvalue weighted by molar-refractivity contribution is 6.30. The van der Waals surface area contributed by atoms with Crippen LogP contribution in [0.2, 0.25) is 5.02 Å². The number of benzene rings is 1. The molecule has 4 rings (SSSR count). The number of H-pyrrole nitrogens is 1. The van der Waals surface area contributed by atoms with Gasteiger partial charge in [0.05, 0.1) is 29.7 Å². The average Bonchev–Trinajstić information content (AvgIpc) is 3.00. The summed E-state index contributed by atoms with van der Waals surface area (Å²) in [6.07, 6.45) is 1.49. The lowest BCUT2D eigenvalue weighted by molar-refractivity contribution is 0.328. The average molecular weight is 397 g/mol. The van der Waals surface area contributed by atoms with Crippen molar-refractivity contribution in [2.24, 2.45) is 7.05 Å². The first-order valence-corrected chi connectivity index (χ1v) is 8.97. The molecular formula is C19H17ClN6O2. The summed E-state index contributed by atoms with van der Waals surface area (Å²) in [5.41, 5.74) is 8.62. The Morgan fingerprint density at radius 2 is 2.11 bits per heavy atom. The number of anilines is 1. The minimum atomic E-state index is -0.367. The number of nitrogens with two attached hydrogens (primary N) is 1. The first kappa shape index (κ1) is 18.0. The number of aromatic nitrogens is 5. The fraction of sp³-hybridized carbons (Fsp3) is 0.158. The molecule has 0 saturated heterocycles. The van der Waals surface area contributed by atoms with Gasteiger partial charge < -0.3 is 15.5 Å². The highest BCUT2D eigenvalue weighted by atomic mass is 35.5. The van der Waals surface area contributed by atoms with Gasteiger partial charge in [-0.15, -0.1) is 0 Å². The van der Waals surface area contributed by atoms with Gasteiger partial charge in [-0.3, -0.25) is 9.48 Å². The second-order valence-corrected chi connectivity index (χ2v) is 6.59. The van der Waals surface area contributed by atoms with Crippen molar-refractivity contribution < 1.29 is 4.74 Å². The molecule has 28 heavy (non-hydrogen) atoms. The van der Waals surface area contributed by atoms with E-state index in [1.165, 1.54) is 6.20 Å². The van der Waals surface area contributed by atoms with E-state index in [1.54, 1.807) is 29.9 Å². The van der Waals surface area contributed by atoms with Crippen molar-refractivity contribution in [1.82, 2.24) is 24.7 Å². The van der Waals surface area contributed by atoms with Crippen LogP contribution in [-0.2, 0) is 7.05 Å². The van der Waals surface area contributed by atoms with Crippen molar-refractivity contribution in [3.63, 3.8) is 0 Å². The second kappa shape index (κ2) is 6.97. The normalized spacial score (nSPS) is 11.1. The number of nitrogens with zero attached hydrogens (tertiary/aromatic N) is 4. The Morgan fingerprint density at radius 1 is 1.29 bits per heavy atom. The largest absolute Gasteiger partial charge is 0.477 e. The van der Waals surface area contributed by atoms with E-state index in [2.05, 4.69) is 20.1 Å². The van der Waals surface area contributed by atoms with Gasteiger partial charge in [0.1, 0.15) is 11.3 Å². The summed E-state index contributed by atoms with van der Waals surface area (Å²) in [4.78, 5) is 24.3. The number of nitrogen functional groups attached to an aromatic ring is 1. The highest BCUT2D eigenvalue weighted by Gasteiger charge is 2.19. The fourth-order valence-corrected chi connectivity index (χ4v) is 3.25. The lowest BCUT2D eigenvalue weighted by Gasteiger charge is -2.09. The van der Waals surface area contributed by atoms with E-state index in [0.717, 1.165) is 5.56 Å². The molecule has 3 aromatic heterocycles. The molecule has 142 valence electrons. The maximum Gasteiger partial charge on any atom is 0.279 e. The summed E-state index contributed by atoms with van der Waals surface area (Å²) >= 11 is 6.14. The van der Waals surface area contributed by atoms with E-state index in [1.807, 2.05) is 19.1 Å². The molecule has 1 aromatic carbocycles. The second-order valence-electron chi connectivity index (χ2n) is 6.15. The summed E-state index contributed by atoms with van der Waals surface area (Å²) < 4.78 is 7.18. The maximum atomic E-state index is 12.7. The molecule has 9 heteroatoms. The van der Waals surface area contributed by atoms with Gasteiger partial charge in [0.25, 0.3) is 5.56 Å². The van der Waals surface area contributed by atoms with Gasteiger partial charge >= 0.3 is 0 Å². The maximum absolute atomic E-state index is 12.7. The zero-order chi connectivity index (χ0) is 19.8. The van der Waals surface area contributed by atoms with Crippen LogP contribution < -0.4 is 16.0 Å². The SMILES string of the molecule is CCOc1ncc(N)cc1-c1nc2c(-c3cccc(Cl)c3)n(C)nc2c(=O)[nH]1. The number of nitrogens with one attached hydrogen (secondary N) is 1. The summed E-state index contributed by atoms with van der Waals surface area (Å²) in [7, 11) is 1.75. The predicted molar refractivity (Wildman–Crippen MR) is 108 cm³/mol. The topological polar surface area (TPSA) is 112 Å². The molecule has 0 radical (unpaired) electrons. The summed E-state index contributed by atoms with van der Waals surface area (Å²) in [5.74, 6) is 0.643. The van der Waals surface area contributed by atoms with Crippen molar-refractivity contribution in [3.8, 4) is 28.5 Å². The molecular weight excluding hydrogens is 380 g/mol. The standard InChI is InChI=1S/C19H17ClN6O2/c1-3-28-19-13(8-12(21)9-22-19)17-23-14-15(18(27)24-17)25-26(2)16(14)10-5-4-6-11(20)7-10/h4-9H,3,21H2,1-2H3,(H,23,24,27). The molecule has 0 unspecified atom stereocenters. The van der Waals surface area contributed by atoms with E-state index < -0.39 is 0 Å². The Balaban J connectivity index is 2.00. The number of halogens is 1. The number of aryl methyl sites for hydroxylation is 1. The van der Waals surface area contributed by atoms with Crippen LogP contribution in [0.15, 0.2) is 41.3 Å². The van der Waals surface area contributed by atoms with Gasteiger partial charge in [-0.2, -0.15) is 5.10 Å². The molecule has 0 aliphatic heterocycles. The van der Waals surface area contributed by atoms with Crippen molar-refractivity contribution in [3.05, 3.63) is 51.9 Å². The van der Waals surface area contributed by atoms with Gasteiger partial charge in [0, 0.05) is 17.6 Å². The quantitative estimate of drug-likeness (QED) is 0.548. The van der Waals surface area contributed by atoms with Crippen LogP contribution in [-0.4, -0.2) is 31.3 Å². The molecule has 0 bridgehead atoms.